The molecule has 0 bridgehead atoms. The van der Waals surface area contributed by atoms with Crippen LogP contribution in [0.2, 0.25) is 0 Å². The summed E-state index contributed by atoms with van der Waals surface area (Å²) in [5.74, 6) is -0.741. The highest BCUT2D eigenvalue weighted by molar-refractivity contribution is 5.95. The largest absolute Gasteiger partial charge is 0.478 e. The van der Waals surface area contributed by atoms with Crippen molar-refractivity contribution in [2.45, 2.75) is 39.3 Å². The average Bonchev–Trinajstić information content (AvgIpc) is 3.21. The van der Waals surface area contributed by atoms with Crippen LogP contribution in [0.1, 0.15) is 58.5 Å². The van der Waals surface area contributed by atoms with Crippen LogP contribution in [0.15, 0.2) is 48.7 Å². The number of nitrogens with one attached hydrogen (secondary N) is 1. The summed E-state index contributed by atoms with van der Waals surface area (Å²) >= 11 is 0. The summed E-state index contributed by atoms with van der Waals surface area (Å²) in [6.07, 6.45) is 8.40. The van der Waals surface area contributed by atoms with Gasteiger partial charge >= 0.3 is 5.97 Å². The normalized spacial score (nSPS) is 16.1. The minimum atomic E-state index is -1.03. The molecule has 0 saturated carbocycles. The molecule has 3 aromatic heterocycles. The van der Waals surface area contributed by atoms with Crippen LogP contribution in [0.25, 0.3) is 23.1 Å². The van der Waals surface area contributed by atoms with Gasteiger partial charge in [0.2, 0.25) is 0 Å². The number of ether oxygens (including phenoxy) is 1. The highest BCUT2D eigenvalue weighted by atomic mass is 16.5. The zero-order chi connectivity index (χ0) is 24.4. The van der Waals surface area contributed by atoms with Crippen LogP contribution in [0.3, 0.4) is 0 Å². The second-order valence-electron chi connectivity index (χ2n) is 8.76. The molecule has 178 valence electrons. The Hall–Kier alpha value is -4.04. The van der Waals surface area contributed by atoms with Crippen LogP contribution in [0.4, 0.5) is 11.5 Å². The molecule has 1 fully saturated rings. The number of carboxylic acid groups (broad SMARTS) is 1. The van der Waals surface area contributed by atoms with Gasteiger partial charge in [0.25, 0.3) is 0 Å². The fourth-order valence-electron chi connectivity index (χ4n) is 4.44. The van der Waals surface area contributed by atoms with Crippen LogP contribution in [0.5, 0.6) is 0 Å². The van der Waals surface area contributed by atoms with E-state index < -0.39 is 5.97 Å². The molecule has 8 heteroatoms. The van der Waals surface area contributed by atoms with Crippen LogP contribution >= 0.6 is 0 Å². The van der Waals surface area contributed by atoms with Gasteiger partial charge in [-0.15, -0.1) is 0 Å². The summed E-state index contributed by atoms with van der Waals surface area (Å²) in [5.41, 5.74) is 5.58. The lowest BCUT2D eigenvalue weighted by atomic mass is 10.1. The molecule has 5 rings (SSSR count). The number of nitrogens with zero attached hydrogens (tertiary/aromatic N) is 4. The van der Waals surface area contributed by atoms with Crippen molar-refractivity contribution in [3.05, 3.63) is 76.9 Å². The second kappa shape index (κ2) is 9.68. The first-order chi connectivity index (χ1) is 17.0. The molecule has 0 aliphatic carbocycles. The predicted octanol–water partition coefficient (Wildman–Crippen LogP) is 5.75. The van der Waals surface area contributed by atoms with E-state index in [2.05, 4.69) is 22.2 Å². The molecule has 0 amide bonds. The average molecular weight is 470 g/mol. The Balaban J connectivity index is 1.55. The van der Waals surface area contributed by atoms with Crippen LogP contribution in [0, 0.1) is 13.8 Å². The molecule has 0 radical (unpaired) electrons. The quantitative estimate of drug-likeness (QED) is 0.370. The van der Waals surface area contributed by atoms with E-state index in [1.165, 1.54) is 6.07 Å². The molecule has 1 aliphatic rings. The third-order valence-corrected chi connectivity index (χ3v) is 5.99. The van der Waals surface area contributed by atoms with Crippen LogP contribution < -0.4 is 5.32 Å². The number of aromatic carboxylic acids is 1. The zero-order valence-electron chi connectivity index (χ0n) is 19.7. The van der Waals surface area contributed by atoms with E-state index in [0.717, 1.165) is 58.5 Å². The Kier molecular flexibility index (Phi) is 6.29. The highest BCUT2D eigenvalue weighted by Crippen LogP contribution is 2.31. The first-order valence-electron chi connectivity index (χ1n) is 11.7. The number of hydrogen-bond donors (Lipinski definition) is 2. The first-order valence-corrected chi connectivity index (χ1v) is 11.7. The minimum Gasteiger partial charge on any atom is -0.478 e. The Labute approximate surface area is 203 Å². The van der Waals surface area contributed by atoms with Crippen molar-refractivity contribution in [1.82, 2.24) is 19.7 Å². The number of fused-ring (bicyclic) bond motifs is 1. The summed E-state index contributed by atoms with van der Waals surface area (Å²) < 4.78 is 7.98. The predicted molar refractivity (Wildman–Crippen MR) is 136 cm³/mol. The van der Waals surface area contributed by atoms with Crippen molar-refractivity contribution in [1.29, 1.82) is 0 Å². The summed E-state index contributed by atoms with van der Waals surface area (Å²) in [6.45, 7) is 4.75. The van der Waals surface area contributed by atoms with Crippen LogP contribution in [-0.2, 0) is 4.74 Å². The lowest BCUT2D eigenvalue weighted by molar-refractivity contribution is -0.0367. The smallest absolute Gasteiger partial charge is 0.339 e. The van der Waals surface area contributed by atoms with Gasteiger partial charge in [0.05, 0.1) is 16.9 Å². The lowest BCUT2D eigenvalue weighted by Gasteiger charge is -2.23. The number of rotatable bonds is 6. The van der Waals surface area contributed by atoms with Crippen molar-refractivity contribution in [2.24, 2.45) is 0 Å². The maximum Gasteiger partial charge on any atom is 0.339 e. The van der Waals surface area contributed by atoms with Crippen molar-refractivity contribution in [3.8, 4) is 0 Å². The molecular weight excluding hydrogens is 442 g/mol. The third-order valence-electron chi connectivity index (χ3n) is 5.99. The highest BCUT2D eigenvalue weighted by Gasteiger charge is 2.21. The second-order valence-corrected chi connectivity index (χ2v) is 8.76. The van der Waals surface area contributed by atoms with E-state index in [0.29, 0.717) is 12.4 Å². The number of benzene rings is 1. The Bertz CT molecular complexity index is 1400. The van der Waals surface area contributed by atoms with Crippen LogP contribution in [-0.4, -0.2) is 37.4 Å². The first kappa shape index (κ1) is 22.7. The lowest BCUT2D eigenvalue weighted by Crippen LogP contribution is -2.19. The van der Waals surface area contributed by atoms with E-state index in [1.807, 2.05) is 54.1 Å². The number of aryl methyl sites for hydroxylation is 2. The maximum absolute atomic E-state index is 11.6. The topological polar surface area (TPSA) is 102 Å². The Morgan fingerprint density at radius 2 is 2.06 bits per heavy atom. The molecule has 1 unspecified atom stereocenters. The van der Waals surface area contributed by atoms with E-state index in [9.17, 15) is 9.90 Å². The number of hydrogen-bond acceptors (Lipinski definition) is 6. The molecule has 2 N–H and O–H groups in total. The SMILES string of the molecule is Cc1cc(C)nc(C=Cc2nn(C3CCCCO3)c3cc(Nc4ncccc4C(=O)O)ccc23)c1. The van der Waals surface area contributed by atoms with Gasteiger partial charge in [-0.3, -0.25) is 4.98 Å². The third kappa shape index (κ3) is 4.93. The van der Waals surface area contributed by atoms with Gasteiger partial charge < -0.3 is 15.2 Å². The Morgan fingerprint density at radius 3 is 2.83 bits per heavy atom. The van der Waals surface area contributed by atoms with Gasteiger partial charge in [-0.1, -0.05) is 0 Å². The number of pyridine rings is 2. The minimum absolute atomic E-state index is 0.112. The van der Waals surface area contributed by atoms with Gasteiger partial charge in [-0.2, -0.15) is 5.10 Å². The molecule has 4 aromatic rings. The number of aromatic nitrogens is 4. The molecule has 1 aromatic carbocycles. The molecule has 1 atom stereocenters. The van der Waals surface area contributed by atoms with Crippen molar-refractivity contribution >= 4 is 40.5 Å². The molecule has 0 spiro atoms. The standard InChI is InChI=1S/C27H27N5O3/c1-17-14-18(2)29-19(15-17)9-11-23-21-10-8-20(30-26-22(27(33)34)6-5-12-28-26)16-24(21)32(31-23)25-7-3-4-13-35-25/h5-6,8-12,14-16,25H,3-4,7,13H2,1-2H3,(H,28,30)(H,33,34). The van der Waals surface area contributed by atoms with E-state index in [4.69, 9.17) is 9.84 Å². The monoisotopic (exact) mass is 469 g/mol. The molecule has 8 nitrogen and oxygen atoms in total. The number of carboxylic acids is 1. The molecular formula is C27H27N5O3. The summed E-state index contributed by atoms with van der Waals surface area (Å²) in [5, 5.41) is 18.5. The zero-order valence-corrected chi connectivity index (χ0v) is 19.7. The van der Waals surface area contributed by atoms with E-state index >= 15 is 0 Å². The van der Waals surface area contributed by atoms with E-state index in [-0.39, 0.29) is 11.8 Å². The van der Waals surface area contributed by atoms with Gasteiger partial charge in [-0.25, -0.2) is 14.5 Å². The van der Waals surface area contributed by atoms with Gasteiger partial charge in [0.1, 0.15) is 11.4 Å². The van der Waals surface area contributed by atoms with Crippen molar-refractivity contribution in [3.63, 3.8) is 0 Å². The van der Waals surface area contributed by atoms with Gasteiger partial charge in [0.15, 0.2) is 6.23 Å². The molecule has 1 aliphatic heterocycles. The molecule has 35 heavy (non-hydrogen) atoms. The maximum atomic E-state index is 11.6. The molecule has 4 heterocycles. The summed E-state index contributed by atoms with van der Waals surface area (Å²) in [6, 6.07) is 13.1. The van der Waals surface area contributed by atoms with E-state index in [1.54, 1.807) is 12.3 Å². The number of carbonyl (C=O) groups is 1. The summed E-state index contributed by atoms with van der Waals surface area (Å²) in [7, 11) is 0. The Morgan fingerprint density at radius 1 is 1.17 bits per heavy atom. The fourth-order valence-corrected chi connectivity index (χ4v) is 4.44. The van der Waals surface area contributed by atoms with Gasteiger partial charge in [0, 0.05) is 29.6 Å². The number of anilines is 2. The van der Waals surface area contributed by atoms with Crippen molar-refractivity contribution < 1.29 is 14.6 Å². The fraction of sp³-hybridized carbons (Fsp3) is 0.259. The summed E-state index contributed by atoms with van der Waals surface area (Å²) in [4.78, 5) is 20.4. The van der Waals surface area contributed by atoms with Gasteiger partial charge in [-0.05, 0) is 93.3 Å². The van der Waals surface area contributed by atoms with Crippen molar-refractivity contribution in [2.75, 3.05) is 11.9 Å². The molecule has 1 saturated heterocycles.